The van der Waals surface area contributed by atoms with Gasteiger partial charge < -0.3 is 10.4 Å². The summed E-state index contributed by atoms with van der Waals surface area (Å²) in [5, 5.41) is 14.6. The van der Waals surface area contributed by atoms with Crippen molar-refractivity contribution >= 4 is 29.1 Å². The number of pyridine rings is 2. The van der Waals surface area contributed by atoms with Crippen LogP contribution in [0.5, 0.6) is 0 Å². The topological polar surface area (TPSA) is 122 Å². The number of fused-ring (bicyclic) bond motifs is 1. The number of carbonyl (C=O) groups excluding carboxylic acids is 1. The number of urea groups is 1. The van der Waals surface area contributed by atoms with E-state index in [4.69, 9.17) is 0 Å². The summed E-state index contributed by atoms with van der Waals surface area (Å²) in [5.41, 5.74) is 1.09. The van der Waals surface area contributed by atoms with Gasteiger partial charge in [0.25, 0.3) is 0 Å². The highest BCUT2D eigenvalue weighted by molar-refractivity contribution is 5.92. The second kappa shape index (κ2) is 6.32. The summed E-state index contributed by atoms with van der Waals surface area (Å²) in [7, 11) is 0. The van der Waals surface area contributed by atoms with Crippen LogP contribution in [0.3, 0.4) is 0 Å². The van der Waals surface area contributed by atoms with Crippen molar-refractivity contribution in [2.45, 2.75) is 6.92 Å². The number of nitrogens with one attached hydrogen (secondary N) is 2. The number of imidazole rings is 1. The van der Waals surface area contributed by atoms with E-state index in [1.54, 1.807) is 37.4 Å². The van der Waals surface area contributed by atoms with Crippen LogP contribution in [0.2, 0.25) is 0 Å². The minimum atomic E-state index is -1.22. The second-order valence-electron chi connectivity index (χ2n) is 4.82. The fourth-order valence-corrected chi connectivity index (χ4v) is 2.22. The van der Waals surface area contributed by atoms with Crippen molar-refractivity contribution in [3.8, 4) is 11.4 Å². The molecule has 24 heavy (non-hydrogen) atoms. The van der Waals surface area contributed by atoms with E-state index in [9.17, 15) is 14.7 Å². The molecule has 0 aliphatic heterocycles. The molecule has 3 N–H and O–H groups in total. The van der Waals surface area contributed by atoms with Gasteiger partial charge >= 0.3 is 12.1 Å². The molecule has 3 rings (SSSR count). The Hall–Kier alpha value is -3.49. The van der Waals surface area contributed by atoms with Crippen LogP contribution in [0, 0.1) is 0 Å². The quantitative estimate of drug-likeness (QED) is 0.678. The lowest BCUT2D eigenvalue weighted by Gasteiger charge is -2.05. The fraction of sp³-hybridized carbons (Fsp3) is 0.133. The van der Waals surface area contributed by atoms with Gasteiger partial charge in [0.15, 0.2) is 11.5 Å². The highest BCUT2D eigenvalue weighted by atomic mass is 16.4. The van der Waals surface area contributed by atoms with Gasteiger partial charge in [0.2, 0.25) is 0 Å². The predicted octanol–water partition coefficient (Wildman–Crippen LogP) is 2.16. The summed E-state index contributed by atoms with van der Waals surface area (Å²) in [6.45, 7) is 2.25. The summed E-state index contributed by atoms with van der Waals surface area (Å²) >= 11 is 0. The Bertz CT molecular complexity index is 906. The lowest BCUT2D eigenvalue weighted by Crippen LogP contribution is -2.28. The number of hydrogen-bond acceptors (Lipinski definition) is 5. The number of anilines is 1. The van der Waals surface area contributed by atoms with E-state index in [0.717, 1.165) is 4.57 Å². The van der Waals surface area contributed by atoms with E-state index in [0.29, 0.717) is 17.6 Å². The summed E-state index contributed by atoms with van der Waals surface area (Å²) in [6.07, 6.45) is 1.89. The molecule has 0 spiro atoms. The summed E-state index contributed by atoms with van der Waals surface area (Å²) < 4.78 is 0.968. The van der Waals surface area contributed by atoms with Gasteiger partial charge in [-0.3, -0.25) is 10.3 Å². The highest BCUT2D eigenvalue weighted by Gasteiger charge is 2.19. The number of carbonyl (C=O) groups is 2. The van der Waals surface area contributed by atoms with Crippen LogP contribution in [0.1, 0.15) is 6.92 Å². The van der Waals surface area contributed by atoms with Crippen LogP contribution in [-0.2, 0) is 0 Å². The van der Waals surface area contributed by atoms with E-state index >= 15 is 0 Å². The Labute approximate surface area is 136 Å². The van der Waals surface area contributed by atoms with Gasteiger partial charge in [-0.2, -0.15) is 0 Å². The van der Waals surface area contributed by atoms with Gasteiger partial charge in [0, 0.05) is 24.5 Å². The van der Waals surface area contributed by atoms with Crippen molar-refractivity contribution in [3.05, 3.63) is 36.7 Å². The average molecular weight is 326 g/mol. The first-order valence-electron chi connectivity index (χ1n) is 7.18. The monoisotopic (exact) mass is 326 g/mol. The van der Waals surface area contributed by atoms with Crippen molar-refractivity contribution in [2.75, 3.05) is 11.9 Å². The lowest BCUT2D eigenvalue weighted by atomic mass is 10.3. The van der Waals surface area contributed by atoms with E-state index in [1.165, 1.54) is 6.20 Å². The van der Waals surface area contributed by atoms with E-state index < -0.39 is 12.1 Å². The Morgan fingerprint density at radius 2 is 2.08 bits per heavy atom. The smallest absolute Gasteiger partial charge is 0.419 e. The molecule has 0 unspecified atom stereocenters. The molecule has 0 atom stereocenters. The molecular formula is C15H14N6O3. The van der Waals surface area contributed by atoms with Crippen molar-refractivity contribution in [1.29, 1.82) is 0 Å². The molecule has 0 saturated heterocycles. The van der Waals surface area contributed by atoms with Crippen molar-refractivity contribution < 1.29 is 14.7 Å². The van der Waals surface area contributed by atoms with Gasteiger partial charge in [-0.1, -0.05) is 0 Å². The molecule has 0 aromatic carbocycles. The lowest BCUT2D eigenvalue weighted by molar-refractivity contribution is 0.197. The minimum Gasteiger partial charge on any atom is -0.464 e. The molecule has 2 amide bonds. The third kappa shape index (κ3) is 2.86. The Morgan fingerprint density at radius 1 is 1.25 bits per heavy atom. The molecule has 0 aliphatic rings. The third-order valence-electron chi connectivity index (χ3n) is 3.19. The van der Waals surface area contributed by atoms with E-state index in [-0.39, 0.29) is 17.3 Å². The predicted molar refractivity (Wildman–Crippen MR) is 86.9 cm³/mol. The van der Waals surface area contributed by atoms with Crippen LogP contribution < -0.4 is 10.6 Å². The van der Waals surface area contributed by atoms with Crippen LogP contribution >= 0.6 is 0 Å². The standard InChI is InChI=1S/C15H14N6O3/c1-2-17-14(22)20-11-6-5-10-13(19-11)21(15(23)24)12(18-10)9-4-3-7-16-8-9/h3-8H,2H2,1H3,(H,23,24)(H2,17,19,20,22). The van der Waals surface area contributed by atoms with E-state index in [1.807, 2.05) is 0 Å². The molecule has 0 aliphatic carbocycles. The first kappa shape index (κ1) is 15.4. The van der Waals surface area contributed by atoms with Crippen LogP contribution in [0.4, 0.5) is 15.4 Å². The van der Waals surface area contributed by atoms with Gasteiger partial charge in [0.05, 0.1) is 0 Å². The fourth-order valence-electron chi connectivity index (χ4n) is 2.22. The number of amides is 2. The molecule has 3 aromatic rings. The van der Waals surface area contributed by atoms with Gasteiger partial charge in [0.1, 0.15) is 11.3 Å². The number of hydrogen-bond donors (Lipinski definition) is 3. The first-order chi connectivity index (χ1) is 11.6. The average Bonchev–Trinajstić information content (AvgIpc) is 2.94. The number of aromatic nitrogens is 4. The third-order valence-corrected chi connectivity index (χ3v) is 3.19. The number of rotatable bonds is 3. The largest absolute Gasteiger partial charge is 0.464 e. The molecule has 0 fully saturated rings. The Balaban J connectivity index is 2.10. The second-order valence-corrected chi connectivity index (χ2v) is 4.82. The zero-order valence-corrected chi connectivity index (χ0v) is 12.7. The SMILES string of the molecule is CCNC(=O)Nc1ccc2nc(-c3cccnc3)n(C(=O)O)c2n1. The molecule has 9 nitrogen and oxygen atoms in total. The summed E-state index contributed by atoms with van der Waals surface area (Å²) in [5.74, 6) is 0.446. The van der Waals surface area contributed by atoms with Crippen molar-refractivity contribution in [3.63, 3.8) is 0 Å². The molecule has 122 valence electrons. The highest BCUT2D eigenvalue weighted by Crippen LogP contribution is 2.24. The first-order valence-corrected chi connectivity index (χ1v) is 7.18. The zero-order valence-electron chi connectivity index (χ0n) is 12.7. The van der Waals surface area contributed by atoms with Gasteiger partial charge in [-0.05, 0) is 31.2 Å². The Morgan fingerprint density at radius 3 is 2.75 bits per heavy atom. The maximum absolute atomic E-state index is 11.7. The maximum atomic E-state index is 11.7. The van der Waals surface area contributed by atoms with Crippen LogP contribution in [0.15, 0.2) is 36.7 Å². The van der Waals surface area contributed by atoms with Crippen LogP contribution in [0.25, 0.3) is 22.6 Å². The van der Waals surface area contributed by atoms with Crippen molar-refractivity contribution in [2.24, 2.45) is 0 Å². The minimum absolute atomic E-state index is 0.135. The molecule has 9 heteroatoms. The maximum Gasteiger partial charge on any atom is 0.419 e. The number of carboxylic acid groups (broad SMARTS) is 1. The van der Waals surface area contributed by atoms with E-state index in [2.05, 4.69) is 25.6 Å². The molecule has 0 radical (unpaired) electrons. The molecule has 3 aromatic heterocycles. The normalized spacial score (nSPS) is 10.5. The van der Waals surface area contributed by atoms with Crippen LogP contribution in [-0.4, -0.2) is 43.3 Å². The summed E-state index contributed by atoms with van der Waals surface area (Å²) in [4.78, 5) is 35.7. The van der Waals surface area contributed by atoms with Crippen molar-refractivity contribution in [1.82, 2.24) is 24.8 Å². The number of nitrogens with zero attached hydrogens (tertiary/aromatic N) is 4. The molecular weight excluding hydrogens is 312 g/mol. The zero-order chi connectivity index (χ0) is 17.1. The molecule has 0 bridgehead atoms. The van der Waals surface area contributed by atoms with Gasteiger partial charge in [-0.25, -0.2) is 24.1 Å². The van der Waals surface area contributed by atoms with Gasteiger partial charge in [-0.15, -0.1) is 0 Å². The molecule has 0 saturated carbocycles. The molecule has 3 heterocycles. The Kier molecular flexibility index (Phi) is 4.06. The summed E-state index contributed by atoms with van der Waals surface area (Å²) in [6, 6.07) is 6.14.